The van der Waals surface area contributed by atoms with Crippen molar-refractivity contribution in [1.29, 1.82) is 0 Å². The summed E-state index contributed by atoms with van der Waals surface area (Å²) < 4.78 is 0. The number of aliphatic carboxylic acids is 1. The molecule has 2 N–H and O–H groups in total. The number of hydrogen-bond donors (Lipinski definition) is 2. The van der Waals surface area contributed by atoms with Crippen molar-refractivity contribution in [2.24, 2.45) is 56.2 Å². The normalized spacial score (nSPS) is 54.8. The largest absolute Gasteiger partial charge is 0.481 e. The second kappa shape index (κ2) is 7.01. The summed E-state index contributed by atoms with van der Waals surface area (Å²) in [5.74, 6) is 1.62. The Hall–Kier alpha value is -0.570. The summed E-state index contributed by atoms with van der Waals surface area (Å²) in [5, 5.41) is 21.4. The Kier molecular flexibility index (Phi) is 5.13. The number of rotatable bonds is 1. The molecule has 0 saturated heterocycles. The summed E-state index contributed by atoms with van der Waals surface area (Å²) in [4.78, 5) is 12.8. The smallest absolute Gasteiger partial charge is 0.309 e. The van der Waals surface area contributed by atoms with Crippen LogP contribution in [0.15, 0.2) is 0 Å². The van der Waals surface area contributed by atoms with Crippen LogP contribution in [0.1, 0.15) is 119 Å². The van der Waals surface area contributed by atoms with Crippen molar-refractivity contribution in [3.8, 4) is 0 Å². The summed E-state index contributed by atoms with van der Waals surface area (Å²) in [6.07, 6.45) is 11.8. The Morgan fingerprint density at radius 3 is 2.03 bits per heavy atom. The number of fused-ring (bicyclic) bond motifs is 7. The Morgan fingerprint density at radius 1 is 0.697 bits per heavy atom. The zero-order valence-electron chi connectivity index (χ0n) is 22.5. The highest BCUT2D eigenvalue weighted by Crippen LogP contribution is 2.77. The number of hydrogen-bond acceptors (Lipinski definition) is 2. The highest BCUT2D eigenvalue weighted by atomic mass is 16.4. The Bertz CT molecular complexity index is 830. The van der Waals surface area contributed by atoms with Crippen molar-refractivity contribution in [3.05, 3.63) is 0 Å². The minimum atomic E-state index is -0.504. The van der Waals surface area contributed by atoms with Crippen molar-refractivity contribution >= 4 is 5.97 Å². The SMILES string of the molecule is CC1(C)CC[C@@]2(C(=O)O)CC[C@@]3(C)[C@H](CC[C@H]4[C@@]5(C)CC[C@H](O)C(C)(C)[C@@H]5CC[C@@]43C)[C@@H]2C1. The van der Waals surface area contributed by atoms with E-state index >= 15 is 0 Å². The summed E-state index contributed by atoms with van der Waals surface area (Å²) in [5.41, 5.74) is 0.544. The Labute approximate surface area is 202 Å². The van der Waals surface area contributed by atoms with Gasteiger partial charge in [-0.1, -0.05) is 48.5 Å². The zero-order valence-corrected chi connectivity index (χ0v) is 22.5. The first-order valence-corrected chi connectivity index (χ1v) is 14.1. The fourth-order valence-electron chi connectivity index (χ4n) is 11.4. The van der Waals surface area contributed by atoms with Gasteiger partial charge in [0, 0.05) is 0 Å². The van der Waals surface area contributed by atoms with E-state index in [0.29, 0.717) is 23.7 Å². The molecule has 9 atom stereocenters. The van der Waals surface area contributed by atoms with Crippen LogP contribution in [0.25, 0.3) is 0 Å². The van der Waals surface area contributed by atoms with Crippen LogP contribution in [0.2, 0.25) is 0 Å². The van der Waals surface area contributed by atoms with Gasteiger partial charge in [-0.15, -0.1) is 0 Å². The van der Waals surface area contributed by atoms with Gasteiger partial charge in [-0.05, 0) is 121 Å². The number of aliphatic hydroxyl groups is 1. The lowest BCUT2D eigenvalue weighted by Gasteiger charge is -2.73. The number of carboxylic acids is 1. The maximum Gasteiger partial charge on any atom is 0.309 e. The highest BCUT2D eigenvalue weighted by Gasteiger charge is 2.71. The van der Waals surface area contributed by atoms with Crippen LogP contribution in [-0.4, -0.2) is 22.3 Å². The predicted octanol–water partition coefficient (Wildman–Crippen LogP) is 7.31. The van der Waals surface area contributed by atoms with Crippen molar-refractivity contribution in [1.82, 2.24) is 0 Å². The first kappa shape index (κ1) is 24.1. The van der Waals surface area contributed by atoms with Gasteiger partial charge in [0.1, 0.15) is 0 Å². The van der Waals surface area contributed by atoms with Gasteiger partial charge in [0.2, 0.25) is 0 Å². The van der Waals surface area contributed by atoms with Gasteiger partial charge in [-0.25, -0.2) is 0 Å². The Balaban J connectivity index is 1.54. The fourth-order valence-corrected chi connectivity index (χ4v) is 11.4. The molecule has 5 rings (SSSR count). The molecule has 0 bridgehead atoms. The zero-order chi connectivity index (χ0) is 24.2. The highest BCUT2D eigenvalue weighted by molar-refractivity contribution is 5.75. The van der Waals surface area contributed by atoms with Gasteiger partial charge < -0.3 is 10.2 Å². The van der Waals surface area contributed by atoms with E-state index < -0.39 is 11.4 Å². The monoisotopic (exact) mass is 458 g/mol. The molecule has 5 saturated carbocycles. The molecule has 0 heterocycles. The van der Waals surface area contributed by atoms with Crippen LogP contribution in [0.3, 0.4) is 0 Å². The van der Waals surface area contributed by atoms with Crippen LogP contribution < -0.4 is 0 Å². The van der Waals surface area contributed by atoms with E-state index in [0.717, 1.165) is 44.9 Å². The van der Waals surface area contributed by atoms with Gasteiger partial charge in [0.05, 0.1) is 11.5 Å². The second-order valence-corrected chi connectivity index (χ2v) is 15.5. The van der Waals surface area contributed by atoms with E-state index in [1.807, 2.05) is 0 Å². The van der Waals surface area contributed by atoms with Crippen LogP contribution in [0.5, 0.6) is 0 Å². The predicted molar refractivity (Wildman–Crippen MR) is 133 cm³/mol. The molecular weight excluding hydrogens is 408 g/mol. The number of carboxylic acid groups (broad SMARTS) is 1. The van der Waals surface area contributed by atoms with Crippen molar-refractivity contribution in [3.63, 3.8) is 0 Å². The lowest BCUT2D eigenvalue weighted by molar-refractivity contribution is -0.255. The molecular formula is C30H50O3. The van der Waals surface area contributed by atoms with E-state index in [-0.39, 0.29) is 33.2 Å². The van der Waals surface area contributed by atoms with E-state index in [4.69, 9.17) is 0 Å². The maximum absolute atomic E-state index is 12.8. The minimum absolute atomic E-state index is 0.00942. The fraction of sp³-hybridized carbons (Fsp3) is 0.967. The molecule has 0 aromatic rings. The maximum atomic E-state index is 12.8. The van der Waals surface area contributed by atoms with Crippen molar-refractivity contribution in [2.45, 2.75) is 125 Å². The molecule has 0 spiro atoms. The lowest BCUT2D eigenvalue weighted by atomic mass is 9.31. The Morgan fingerprint density at radius 2 is 1.36 bits per heavy atom. The number of aliphatic hydroxyl groups excluding tert-OH is 1. The molecule has 0 aromatic carbocycles. The number of carbonyl (C=O) groups is 1. The molecule has 33 heavy (non-hydrogen) atoms. The summed E-state index contributed by atoms with van der Waals surface area (Å²) in [6.45, 7) is 17.2. The third-order valence-corrected chi connectivity index (χ3v) is 13.6. The lowest BCUT2D eigenvalue weighted by Crippen LogP contribution is -2.67. The van der Waals surface area contributed by atoms with Crippen LogP contribution in [0, 0.1) is 56.2 Å². The van der Waals surface area contributed by atoms with Crippen LogP contribution in [0.4, 0.5) is 0 Å². The van der Waals surface area contributed by atoms with Crippen molar-refractivity contribution < 1.29 is 15.0 Å². The van der Waals surface area contributed by atoms with Gasteiger partial charge >= 0.3 is 5.97 Å². The molecule has 0 aromatic heterocycles. The van der Waals surface area contributed by atoms with E-state index in [1.165, 1.54) is 25.7 Å². The molecule has 3 heteroatoms. The molecule has 0 unspecified atom stereocenters. The average molecular weight is 459 g/mol. The minimum Gasteiger partial charge on any atom is -0.481 e. The molecule has 0 radical (unpaired) electrons. The topological polar surface area (TPSA) is 57.5 Å². The molecule has 5 fully saturated rings. The van der Waals surface area contributed by atoms with Gasteiger partial charge in [0.25, 0.3) is 0 Å². The molecule has 188 valence electrons. The van der Waals surface area contributed by atoms with Crippen LogP contribution >= 0.6 is 0 Å². The summed E-state index contributed by atoms with van der Waals surface area (Å²) in [6, 6.07) is 0. The van der Waals surface area contributed by atoms with E-state index in [9.17, 15) is 15.0 Å². The third-order valence-electron chi connectivity index (χ3n) is 13.6. The third kappa shape index (κ3) is 2.93. The standard InChI is InChI=1S/C30H50O3/c1-25(2)14-16-30(24(32)33)17-15-28(6)19(20(30)18-25)8-9-22-27(5)12-11-23(31)26(3,4)21(27)10-13-29(22,28)7/h19-23,31H,8-18H2,1-7H3,(H,32,33)/t19-,20+,21+,22+,23+,27+,28+,29+,30-/m1/s1. The quantitative estimate of drug-likeness (QED) is 0.433. The second-order valence-electron chi connectivity index (χ2n) is 15.5. The van der Waals surface area contributed by atoms with Crippen LogP contribution in [-0.2, 0) is 4.79 Å². The van der Waals surface area contributed by atoms with E-state index in [2.05, 4.69) is 48.5 Å². The van der Waals surface area contributed by atoms with Crippen molar-refractivity contribution in [2.75, 3.05) is 0 Å². The molecule has 0 aliphatic heterocycles. The molecule has 3 nitrogen and oxygen atoms in total. The average Bonchev–Trinajstić information content (AvgIpc) is 2.71. The molecule has 5 aliphatic rings. The van der Waals surface area contributed by atoms with Gasteiger partial charge in [0.15, 0.2) is 0 Å². The summed E-state index contributed by atoms with van der Waals surface area (Å²) >= 11 is 0. The van der Waals surface area contributed by atoms with Gasteiger partial charge in [-0.3, -0.25) is 4.79 Å². The molecule has 5 aliphatic carbocycles. The first-order valence-electron chi connectivity index (χ1n) is 14.1. The summed E-state index contributed by atoms with van der Waals surface area (Å²) in [7, 11) is 0. The first-order chi connectivity index (χ1) is 15.1. The van der Waals surface area contributed by atoms with E-state index in [1.54, 1.807) is 0 Å². The van der Waals surface area contributed by atoms with Gasteiger partial charge in [-0.2, -0.15) is 0 Å². The molecule has 0 amide bonds.